The largest absolute Gasteiger partial charge is 0.465 e. The fourth-order valence-corrected chi connectivity index (χ4v) is 4.34. The van der Waals surface area contributed by atoms with E-state index in [0.29, 0.717) is 16.3 Å². The van der Waals surface area contributed by atoms with E-state index in [2.05, 4.69) is 10.6 Å². The summed E-state index contributed by atoms with van der Waals surface area (Å²) >= 11 is 6.69. The Morgan fingerprint density at radius 1 is 1.07 bits per heavy atom. The Hall–Kier alpha value is -2.79. The van der Waals surface area contributed by atoms with Crippen LogP contribution in [-0.4, -0.2) is 26.6 Å². The number of rotatable bonds is 5. The number of carbonyl (C=O) groups is 1. The molecule has 0 fully saturated rings. The molecule has 3 rings (SSSR count). The molecule has 3 aromatic rings. The van der Waals surface area contributed by atoms with Gasteiger partial charge in [0.2, 0.25) is 10.0 Å². The maximum absolute atomic E-state index is 12.2. The second kappa shape index (κ2) is 8.70. The minimum Gasteiger partial charge on any atom is -0.465 e. The molecule has 0 saturated heterocycles. The van der Waals surface area contributed by atoms with Crippen molar-refractivity contribution in [3.8, 4) is 10.4 Å². The number of hydrogen-bond donors (Lipinski definition) is 3. The van der Waals surface area contributed by atoms with Crippen LogP contribution in [0.4, 0.5) is 10.7 Å². The summed E-state index contributed by atoms with van der Waals surface area (Å²) in [6.07, 6.45) is 0. The summed E-state index contributed by atoms with van der Waals surface area (Å²) in [4.78, 5) is 13.0. The number of ether oxygens (including phenoxy) is 1. The number of esters is 1. The first-order valence-corrected chi connectivity index (χ1v) is 11.0. The Bertz CT molecular complexity index is 1140. The predicted octanol–water partition coefficient (Wildman–Crippen LogP) is 3.66. The summed E-state index contributed by atoms with van der Waals surface area (Å²) in [5, 5.41) is 11.8. The zero-order valence-corrected chi connectivity index (χ0v) is 17.7. The molecule has 4 N–H and O–H groups in total. The van der Waals surface area contributed by atoms with Gasteiger partial charge in [-0.15, -0.1) is 11.3 Å². The van der Waals surface area contributed by atoms with E-state index >= 15 is 0 Å². The van der Waals surface area contributed by atoms with Crippen LogP contribution in [-0.2, 0) is 14.8 Å². The zero-order chi connectivity index (χ0) is 21.0. The third kappa shape index (κ3) is 5.18. The highest BCUT2D eigenvalue weighted by atomic mass is 32.2. The molecule has 150 valence electrons. The zero-order valence-electron chi connectivity index (χ0n) is 15.2. The van der Waals surface area contributed by atoms with Crippen molar-refractivity contribution in [3.05, 3.63) is 66.2 Å². The van der Waals surface area contributed by atoms with Gasteiger partial charge < -0.3 is 15.4 Å². The van der Waals surface area contributed by atoms with E-state index in [4.69, 9.17) is 22.1 Å². The highest BCUT2D eigenvalue weighted by Crippen LogP contribution is 2.36. The van der Waals surface area contributed by atoms with Crippen LogP contribution in [0.3, 0.4) is 0 Å². The number of thiophene rings is 1. The maximum atomic E-state index is 12.2. The number of benzene rings is 2. The molecule has 0 unspecified atom stereocenters. The number of hydrogen-bond acceptors (Lipinski definition) is 6. The molecular formula is C19H17N3O4S3. The van der Waals surface area contributed by atoms with Crippen molar-refractivity contribution in [1.29, 1.82) is 0 Å². The van der Waals surface area contributed by atoms with Gasteiger partial charge in [-0.25, -0.2) is 18.4 Å². The number of nitrogens with two attached hydrogens (primary N) is 1. The van der Waals surface area contributed by atoms with Gasteiger partial charge in [0, 0.05) is 10.6 Å². The second-order valence-corrected chi connectivity index (χ2v) is 8.88. The van der Waals surface area contributed by atoms with Gasteiger partial charge in [-0.2, -0.15) is 0 Å². The first-order chi connectivity index (χ1) is 13.8. The van der Waals surface area contributed by atoms with E-state index in [1.54, 1.807) is 18.2 Å². The minimum atomic E-state index is -3.76. The van der Waals surface area contributed by atoms with E-state index in [9.17, 15) is 13.2 Å². The molecule has 0 radical (unpaired) electrons. The molecule has 0 spiro atoms. The highest BCUT2D eigenvalue weighted by Gasteiger charge is 2.18. The molecule has 10 heteroatoms. The van der Waals surface area contributed by atoms with E-state index in [1.807, 2.05) is 30.3 Å². The molecule has 0 aliphatic heterocycles. The third-order valence-corrected chi connectivity index (χ3v) is 6.10. The minimum absolute atomic E-state index is 0.000616. The highest BCUT2D eigenvalue weighted by molar-refractivity contribution is 7.89. The van der Waals surface area contributed by atoms with Crippen molar-refractivity contribution in [3.63, 3.8) is 0 Å². The third-order valence-electron chi connectivity index (χ3n) is 3.86. The van der Waals surface area contributed by atoms with Gasteiger partial charge >= 0.3 is 5.97 Å². The number of thiocarbonyl (C=S) groups is 1. The Labute approximate surface area is 177 Å². The van der Waals surface area contributed by atoms with Crippen molar-refractivity contribution < 1.29 is 17.9 Å². The lowest BCUT2D eigenvalue weighted by molar-refractivity contribution is 0.0602. The Morgan fingerprint density at radius 2 is 1.72 bits per heavy atom. The number of primary sulfonamides is 1. The summed E-state index contributed by atoms with van der Waals surface area (Å²) in [5.74, 6) is -0.480. The van der Waals surface area contributed by atoms with Gasteiger partial charge in [0.05, 0.1) is 17.6 Å². The smallest absolute Gasteiger partial charge is 0.340 e. The normalized spacial score (nSPS) is 11.0. The van der Waals surface area contributed by atoms with Gasteiger partial charge in [0.1, 0.15) is 5.00 Å². The van der Waals surface area contributed by atoms with Gasteiger partial charge in [0.25, 0.3) is 0 Å². The first kappa shape index (κ1) is 20.9. The molecule has 0 aliphatic rings. The number of methoxy groups -OCH3 is 1. The lowest BCUT2D eigenvalue weighted by Gasteiger charge is -2.10. The Balaban J connectivity index is 1.80. The quantitative estimate of drug-likeness (QED) is 0.404. The summed E-state index contributed by atoms with van der Waals surface area (Å²) in [7, 11) is -2.45. The van der Waals surface area contributed by atoms with Crippen molar-refractivity contribution in [2.45, 2.75) is 4.90 Å². The number of sulfonamides is 1. The molecular weight excluding hydrogens is 430 g/mol. The van der Waals surface area contributed by atoms with E-state index < -0.39 is 16.0 Å². The van der Waals surface area contributed by atoms with Crippen LogP contribution < -0.4 is 15.8 Å². The van der Waals surface area contributed by atoms with Crippen molar-refractivity contribution in [2.24, 2.45) is 5.14 Å². The Morgan fingerprint density at radius 3 is 2.31 bits per heavy atom. The average Bonchev–Trinajstić information content (AvgIpc) is 3.11. The first-order valence-electron chi connectivity index (χ1n) is 8.26. The maximum Gasteiger partial charge on any atom is 0.340 e. The second-order valence-electron chi connectivity index (χ2n) is 5.86. The van der Waals surface area contributed by atoms with E-state index in [1.165, 1.54) is 30.6 Å². The lowest BCUT2D eigenvalue weighted by atomic mass is 10.1. The average molecular weight is 448 g/mol. The SMILES string of the molecule is COC(=O)c1cc(-c2ccccc2)sc1NC(=S)Nc1ccc(S(N)(=O)=O)cc1. The van der Waals surface area contributed by atoms with Gasteiger partial charge in [0.15, 0.2) is 5.11 Å². The molecule has 0 atom stereocenters. The molecule has 2 aromatic carbocycles. The summed E-state index contributed by atoms with van der Waals surface area (Å²) < 4.78 is 27.5. The van der Waals surface area contributed by atoms with Crippen LogP contribution in [0.1, 0.15) is 10.4 Å². The number of nitrogens with one attached hydrogen (secondary N) is 2. The molecule has 0 amide bonds. The van der Waals surface area contributed by atoms with Crippen molar-refractivity contribution in [2.75, 3.05) is 17.7 Å². The monoisotopic (exact) mass is 447 g/mol. The van der Waals surface area contributed by atoms with Crippen LogP contribution in [0.15, 0.2) is 65.6 Å². The molecule has 1 heterocycles. The van der Waals surface area contributed by atoms with Gasteiger partial charge in [-0.1, -0.05) is 30.3 Å². The predicted molar refractivity (Wildman–Crippen MR) is 119 cm³/mol. The van der Waals surface area contributed by atoms with Crippen LogP contribution in [0.5, 0.6) is 0 Å². The fraction of sp³-hybridized carbons (Fsp3) is 0.0526. The standard InChI is InChI=1S/C19H17N3O4S3/c1-26-18(23)15-11-16(12-5-3-2-4-6-12)28-17(15)22-19(27)21-13-7-9-14(10-8-13)29(20,24)25/h2-11H,1H3,(H2,20,24,25)(H2,21,22,27). The van der Waals surface area contributed by atoms with Crippen LogP contribution in [0.2, 0.25) is 0 Å². The van der Waals surface area contributed by atoms with Gasteiger partial charge in [-0.05, 0) is 48.1 Å². The Kier molecular flexibility index (Phi) is 6.28. The van der Waals surface area contributed by atoms with E-state index in [0.717, 1.165) is 10.4 Å². The number of carbonyl (C=O) groups excluding carboxylic acids is 1. The van der Waals surface area contributed by atoms with Crippen molar-refractivity contribution >= 4 is 55.3 Å². The summed E-state index contributed by atoms with van der Waals surface area (Å²) in [6.45, 7) is 0. The van der Waals surface area contributed by atoms with Crippen molar-refractivity contribution in [1.82, 2.24) is 0 Å². The van der Waals surface area contributed by atoms with Crippen LogP contribution >= 0.6 is 23.6 Å². The van der Waals surface area contributed by atoms with Crippen LogP contribution in [0.25, 0.3) is 10.4 Å². The molecule has 7 nitrogen and oxygen atoms in total. The van der Waals surface area contributed by atoms with Crippen LogP contribution in [0, 0.1) is 0 Å². The topological polar surface area (TPSA) is 111 Å². The summed E-state index contributed by atoms with van der Waals surface area (Å²) in [5.41, 5.74) is 1.90. The molecule has 0 aliphatic carbocycles. The lowest BCUT2D eigenvalue weighted by Crippen LogP contribution is -2.20. The molecule has 0 saturated carbocycles. The molecule has 0 bridgehead atoms. The number of anilines is 2. The fourth-order valence-electron chi connectivity index (χ4n) is 2.48. The molecule has 1 aromatic heterocycles. The molecule has 29 heavy (non-hydrogen) atoms. The van der Waals surface area contributed by atoms with Gasteiger partial charge in [-0.3, -0.25) is 0 Å². The van der Waals surface area contributed by atoms with E-state index in [-0.39, 0.29) is 10.0 Å². The summed E-state index contributed by atoms with van der Waals surface area (Å²) in [6, 6.07) is 17.2.